The Bertz CT molecular complexity index is 520. The SMILES string of the molecule is CC12CC3CC(C)(C1)CC(Nc1ncc(N)cn1)(C3)C2. The Balaban J connectivity index is 1.65. The second-order valence-corrected chi connectivity index (χ2v) is 8.38. The number of nitrogen functional groups attached to an aromatic ring is 1. The number of nitrogens with one attached hydrogen (secondary N) is 1. The van der Waals surface area contributed by atoms with Crippen molar-refractivity contribution >= 4 is 11.6 Å². The summed E-state index contributed by atoms with van der Waals surface area (Å²) in [6, 6.07) is 0. The van der Waals surface area contributed by atoms with Gasteiger partial charge in [0.25, 0.3) is 0 Å². The molecule has 0 aliphatic heterocycles. The molecule has 2 atom stereocenters. The van der Waals surface area contributed by atoms with Crippen LogP contribution in [0.3, 0.4) is 0 Å². The monoisotopic (exact) mass is 272 g/mol. The first kappa shape index (κ1) is 12.4. The van der Waals surface area contributed by atoms with Gasteiger partial charge in [-0.05, 0) is 55.3 Å². The fourth-order valence-corrected chi connectivity index (χ4v) is 6.23. The summed E-state index contributed by atoms with van der Waals surface area (Å²) in [6.45, 7) is 4.96. The van der Waals surface area contributed by atoms with Crippen molar-refractivity contribution in [3.63, 3.8) is 0 Å². The van der Waals surface area contributed by atoms with Gasteiger partial charge in [0, 0.05) is 5.54 Å². The smallest absolute Gasteiger partial charge is 0.223 e. The van der Waals surface area contributed by atoms with Gasteiger partial charge in [-0.2, -0.15) is 0 Å². The van der Waals surface area contributed by atoms with E-state index in [4.69, 9.17) is 5.73 Å². The lowest BCUT2D eigenvalue weighted by atomic mass is 9.43. The van der Waals surface area contributed by atoms with Crippen molar-refractivity contribution < 1.29 is 0 Å². The number of hydrogen-bond donors (Lipinski definition) is 2. The summed E-state index contributed by atoms with van der Waals surface area (Å²) < 4.78 is 0. The van der Waals surface area contributed by atoms with Crippen LogP contribution in [0.25, 0.3) is 0 Å². The van der Waals surface area contributed by atoms with E-state index in [1.807, 2.05) is 0 Å². The predicted octanol–water partition coefficient (Wildman–Crippen LogP) is 3.22. The zero-order valence-corrected chi connectivity index (χ0v) is 12.4. The predicted molar refractivity (Wildman–Crippen MR) is 80.2 cm³/mol. The maximum absolute atomic E-state index is 5.68. The third-order valence-corrected chi connectivity index (χ3v) is 5.68. The molecule has 0 amide bonds. The maximum atomic E-state index is 5.68. The van der Waals surface area contributed by atoms with Gasteiger partial charge in [0.2, 0.25) is 5.95 Å². The number of nitrogens with zero attached hydrogens (tertiary/aromatic N) is 2. The van der Waals surface area contributed by atoms with Crippen molar-refractivity contribution in [1.29, 1.82) is 0 Å². The van der Waals surface area contributed by atoms with Crippen LogP contribution in [-0.4, -0.2) is 15.5 Å². The lowest BCUT2D eigenvalue weighted by Crippen LogP contribution is -2.61. The van der Waals surface area contributed by atoms with Crippen LogP contribution in [0.15, 0.2) is 12.4 Å². The molecule has 5 rings (SSSR count). The van der Waals surface area contributed by atoms with E-state index in [0.717, 1.165) is 11.9 Å². The Kier molecular flexibility index (Phi) is 2.27. The van der Waals surface area contributed by atoms with E-state index in [9.17, 15) is 0 Å². The molecule has 1 aromatic heterocycles. The molecule has 0 spiro atoms. The summed E-state index contributed by atoms with van der Waals surface area (Å²) in [5.74, 6) is 1.62. The van der Waals surface area contributed by atoms with E-state index in [-0.39, 0.29) is 5.54 Å². The van der Waals surface area contributed by atoms with E-state index < -0.39 is 0 Å². The van der Waals surface area contributed by atoms with Crippen molar-refractivity contribution in [2.24, 2.45) is 16.7 Å². The highest BCUT2D eigenvalue weighted by atomic mass is 15.2. The summed E-state index contributed by atoms with van der Waals surface area (Å²) in [5.41, 5.74) is 7.53. The fourth-order valence-electron chi connectivity index (χ4n) is 6.23. The van der Waals surface area contributed by atoms with Crippen LogP contribution in [0.5, 0.6) is 0 Å². The van der Waals surface area contributed by atoms with Crippen molar-refractivity contribution in [1.82, 2.24) is 9.97 Å². The minimum absolute atomic E-state index is 0.207. The standard InChI is InChI=1S/C16H24N4/c1-14-3-11-4-15(2,8-14)10-16(5-11,9-14)20-13-18-6-12(17)7-19-13/h6-7,11H,3-5,8-10,17H2,1-2H3,(H,18,19,20). The first-order valence-electron chi connectivity index (χ1n) is 7.74. The Morgan fingerprint density at radius 2 is 1.65 bits per heavy atom. The molecule has 4 heteroatoms. The van der Waals surface area contributed by atoms with Gasteiger partial charge in [0.15, 0.2) is 0 Å². The zero-order chi connectivity index (χ0) is 14.0. The molecule has 2 unspecified atom stereocenters. The minimum Gasteiger partial charge on any atom is -0.396 e. The molecule has 1 aromatic rings. The van der Waals surface area contributed by atoms with E-state index in [1.54, 1.807) is 12.4 Å². The minimum atomic E-state index is 0.207. The highest BCUT2D eigenvalue weighted by molar-refractivity contribution is 5.39. The fraction of sp³-hybridized carbons (Fsp3) is 0.750. The third-order valence-electron chi connectivity index (χ3n) is 5.68. The summed E-state index contributed by atoms with van der Waals surface area (Å²) in [7, 11) is 0. The van der Waals surface area contributed by atoms with Crippen LogP contribution in [0.2, 0.25) is 0 Å². The molecule has 4 aliphatic rings. The molecule has 108 valence electrons. The highest BCUT2D eigenvalue weighted by Crippen LogP contribution is 2.66. The van der Waals surface area contributed by atoms with E-state index in [1.165, 1.54) is 38.5 Å². The molecule has 0 saturated heterocycles. The third kappa shape index (κ3) is 1.88. The molecular formula is C16H24N4. The summed E-state index contributed by atoms with van der Waals surface area (Å²) in [6.07, 6.45) is 11.4. The second-order valence-electron chi connectivity index (χ2n) is 8.38. The van der Waals surface area contributed by atoms with Crippen molar-refractivity contribution in [2.75, 3.05) is 11.1 Å². The summed E-state index contributed by atoms with van der Waals surface area (Å²) in [5, 5.41) is 3.69. The molecule has 4 fully saturated rings. The molecule has 3 N–H and O–H groups in total. The Morgan fingerprint density at radius 1 is 1.05 bits per heavy atom. The lowest BCUT2D eigenvalue weighted by molar-refractivity contribution is -0.0975. The lowest BCUT2D eigenvalue weighted by Gasteiger charge is -2.65. The largest absolute Gasteiger partial charge is 0.396 e. The average Bonchev–Trinajstić information content (AvgIpc) is 2.27. The number of rotatable bonds is 2. The average molecular weight is 272 g/mol. The molecule has 4 bridgehead atoms. The Hall–Kier alpha value is -1.32. The number of hydrogen-bond acceptors (Lipinski definition) is 4. The van der Waals surface area contributed by atoms with E-state index >= 15 is 0 Å². The van der Waals surface area contributed by atoms with Crippen LogP contribution >= 0.6 is 0 Å². The van der Waals surface area contributed by atoms with Gasteiger partial charge >= 0.3 is 0 Å². The topological polar surface area (TPSA) is 63.8 Å². The first-order chi connectivity index (χ1) is 9.38. The van der Waals surface area contributed by atoms with Crippen LogP contribution in [0, 0.1) is 16.7 Å². The second kappa shape index (κ2) is 3.66. The molecule has 4 aliphatic carbocycles. The van der Waals surface area contributed by atoms with Crippen molar-refractivity contribution in [2.45, 2.75) is 57.9 Å². The number of aromatic nitrogens is 2. The first-order valence-corrected chi connectivity index (χ1v) is 7.74. The number of anilines is 2. The van der Waals surface area contributed by atoms with Gasteiger partial charge in [0.05, 0.1) is 18.1 Å². The van der Waals surface area contributed by atoms with Gasteiger partial charge in [-0.1, -0.05) is 13.8 Å². The Labute approximate surface area is 120 Å². The van der Waals surface area contributed by atoms with E-state index in [0.29, 0.717) is 16.5 Å². The molecular weight excluding hydrogens is 248 g/mol. The van der Waals surface area contributed by atoms with Gasteiger partial charge in [0.1, 0.15) is 0 Å². The Morgan fingerprint density at radius 3 is 2.20 bits per heavy atom. The maximum Gasteiger partial charge on any atom is 0.223 e. The normalized spacial score (nSPS) is 45.6. The molecule has 0 aromatic carbocycles. The van der Waals surface area contributed by atoms with Gasteiger partial charge < -0.3 is 11.1 Å². The van der Waals surface area contributed by atoms with Crippen molar-refractivity contribution in [3.8, 4) is 0 Å². The van der Waals surface area contributed by atoms with Gasteiger partial charge in [-0.25, -0.2) is 9.97 Å². The van der Waals surface area contributed by atoms with Gasteiger partial charge in [-0.15, -0.1) is 0 Å². The van der Waals surface area contributed by atoms with Crippen LogP contribution in [-0.2, 0) is 0 Å². The quantitative estimate of drug-likeness (QED) is 0.867. The molecule has 1 heterocycles. The van der Waals surface area contributed by atoms with Gasteiger partial charge in [-0.3, -0.25) is 0 Å². The molecule has 4 nitrogen and oxygen atoms in total. The van der Waals surface area contributed by atoms with E-state index in [2.05, 4.69) is 29.1 Å². The zero-order valence-electron chi connectivity index (χ0n) is 12.4. The molecule has 4 saturated carbocycles. The molecule has 20 heavy (non-hydrogen) atoms. The number of nitrogens with two attached hydrogens (primary N) is 1. The van der Waals surface area contributed by atoms with Crippen LogP contribution in [0.1, 0.15) is 52.4 Å². The summed E-state index contributed by atoms with van der Waals surface area (Å²) >= 11 is 0. The summed E-state index contributed by atoms with van der Waals surface area (Å²) in [4.78, 5) is 8.71. The molecule has 0 radical (unpaired) electrons. The highest BCUT2D eigenvalue weighted by Gasteiger charge is 2.60. The van der Waals surface area contributed by atoms with Crippen molar-refractivity contribution in [3.05, 3.63) is 12.4 Å². The van der Waals surface area contributed by atoms with Crippen LogP contribution in [0.4, 0.5) is 11.6 Å². The van der Waals surface area contributed by atoms with Crippen LogP contribution < -0.4 is 11.1 Å².